The van der Waals surface area contributed by atoms with Gasteiger partial charge in [-0.15, -0.1) is 0 Å². The number of halogens is 1. The lowest BCUT2D eigenvalue weighted by atomic mass is 9.86. The molecule has 1 aromatic rings. The molecule has 1 fully saturated rings. The number of nitrogen functional groups attached to an aromatic ring is 1. The average Bonchev–Trinajstić information content (AvgIpc) is 2.26. The maximum absolute atomic E-state index is 5.79. The molecule has 0 aromatic carbocycles. The zero-order valence-corrected chi connectivity index (χ0v) is 11.0. The smallest absolute Gasteiger partial charge is 0.231 e. The van der Waals surface area contributed by atoms with Crippen LogP contribution in [-0.4, -0.2) is 28.0 Å². The predicted octanol–water partition coefficient (Wildman–Crippen LogP) is 2.12. The van der Waals surface area contributed by atoms with E-state index in [0.717, 1.165) is 5.92 Å². The van der Waals surface area contributed by atoms with E-state index >= 15 is 0 Å². The van der Waals surface area contributed by atoms with Crippen LogP contribution in [0.25, 0.3) is 0 Å². The van der Waals surface area contributed by atoms with Crippen molar-refractivity contribution in [2.45, 2.75) is 38.6 Å². The SMILES string of the molecule is CC1CCCC(N(C)c2nc(N)nc(Cl)n2)C1. The fraction of sp³-hybridized carbons (Fsp3) is 0.727. The Hall–Kier alpha value is -1.10. The Kier molecular flexibility index (Phi) is 3.66. The van der Waals surface area contributed by atoms with E-state index in [9.17, 15) is 0 Å². The van der Waals surface area contributed by atoms with Crippen LogP contribution in [0.2, 0.25) is 5.28 Å². The topological polar surface area (TPSA) is 67.9 Å². The summed E-state index contributed by atoms with van der Waals surface area (Å²) in [7, 11) is 1.99. The molecule has 2 atom stereocenters. The first-order valence-electron chi connectivity index (χ1n) is 5.96. The van der Waals surface area contributed by atoms with Crippen molar-refractivity contribution in [3.63, 3.8) is 0 Å². The van der Waals surface area contributed by atoms with Crippen LogP contribution < -0.4 is 10.6 Å². The summed E-state index contributed by atoms with van der Waals surface area (Å²) < 4.78 is 0. The monoisotopic (exact) mass is 255 g/mol. The van der Waals surface area contributed by atoms with Gasteiger partial charge in [0.25, 0.3) is 0 Å². The molecule has 5 nitrogen and oxygen atoms in total. The molecule has 0 radical (unpaired) electrons. The second-order valence-electron chi connectivity index (χ2n) is 4.80. The standard InChI is InChI=1S/C11H18ClN5/c1-7-4-3-5-8(6-7)17(2)11-15-9(12)14-10(13)16-11/h7-8H,3-6H2,1-2H3,(H2,13,14,15,16). The summed E-state index contributed by atoms with van der Waals surface area (Å²) in [6.07, 6.45) is 4.90. The van der Waals surface area contributed by atoms with Gasteiger partial charge in [-0.1, -0.05) is 19.8 Å². The van der Waals surface area contributed by atoms with Crippen LogP contribution in [0, 0.1) is 5.92 Å². The van der Waals surface area contributed by atoms with Gasteiger partial charge >= 0.3 is 0 Å². The molecule has 1 aliphatic rings. The van der Waals surface area contributed by atoms with Crippen LogP contribution in [0.1, 0.15) is 32.6 Å². The van der Waals surface area contributed by atoms with E-state index in [1.54, 1.807) is 0 Å². The molecule has 1 aromatic heterocycles. The Morgan fingerprint density at radius 1 is 1.29 bits per heavy atom. The van der Waals surface area contributed by atoms with Gasteiger partial charge in [0.1, 0.15) is 0 Å². The minimum atomic E-state index is 0.156. The van der Waals surface area contributed by atoms with Crippen molar-refractivity contribution in [1.82, 2.24) is 15.0 Å². The number of rotatable bonds is 2. The number of aromatic nitrogens is 3. The first-order valence-corrected chi connectivity index (χ1v) is 6.34. The third kappa shape index (κ3) is 2.97. The summed E-state index contributed by atoms with van der Waals surface area (Å²) in [5.41, 5.74) is 5.58. The molecule has 0 amide bonds. The van der Waals surface area contributed by atoms with Gasteiger partial charge in [0.15, 0.2) is 0 Å². The van der Waals surface area contributed by atoms with Gasteiger partial charge < -0.3 is 10.6 Å². The number of hydrogen-bond donors (Lipinski definition) is 1. The summed E-state index contributed by atoms with van der Waals surface area (Å²) in [6, 6.07) is 0.469. The zero-order valence-electron chi connectivity index (χ0n) is 10.2. The van der Waals surface area contributed by atoms with Crippen LogP contribution in [0.15, 0.2) is 0 Å². The van der Waals surface area contributed by atoms with Crippen molar-refractivity contribution in [1.29, 1.82) is 0 Å². The number of nitrogens with zero attached hydrogens (tertiary/aromatic N) is 4. The van der Waals surface area contributed by atoms with Gasteiger partial charge in [-0.3, -0.25) is 0 Å². The van der Waals surface area contributed by atoms with Gasteiger partial charge in [-0.2, -0.15) is 15.0 Å². The number of nitrogens with two attached hydrogens (primary N) is 1. The lowest BCUT2D eigenvalue weighted by molar-refractivity contribution is 0.334. The molecule has 2 unspecified atom stereocenters. The fourth-order valence-electron chi connectivity index (χ4n) is 2.43. The van der Waals surface area contributed by atoms with E-state index in [1.807, 2.05) is 7.05 Å². The van der Waals surface area contributed by atoms with Gasteiger partial charge in [0.05, 0.1) is 0 Å². The first-order chi connectivity index (χ1) is 8.06. The summed E-state index contributed by atoms with van der Waals surface area (Å²) >= 11 is 5.79. The minimum absolute atomic E-state index is 0.156. The van der Waals surface area contributed by atoms with Gasteiger partial charge in [-0.25, -0.2) is 0 Å². The highest BCUT2D eigenvalue weighted by Crippen LogP contribution is 2.28. The second kappa shape index (κ2) is 5.04. The fourth-order valence-corrected chi connectivity index (χ4v) is 2.59. The summed E-state index contributed by atoms with van der Waals surface area (Å²) in [5.74, 6) is 1.50. The Morgan fingerprint density at radius 2 is 2.06 bits per heavy atom. The largest absolute Gasteiger partial charge is 0.368 e. The highest BCUT2D eigenvalue weighted by molar-refractivity contribution is 6.28. The third-order valence-electron chi connectivity index (χ3n) is 3.39. The van der Waals surface area contributed by atoms with Gasteiger partial charge in [0.2, 0.25) is 17.2 Å². The van der Waals surface area contributed by atoms with Gasteiger partial charge in [0, 0.05) is 13.1 Å². The quantitative estimate of drug-likeness (QED) is 0.877. The molecule has 2 N–H and O–H groups in total. The summed E-state index contributed by atoms with van der Waals surface area (Å²) in [6.45, 7) is 2.29. The van der Waals surface area contributed by atoms with Crippen LogP contribution >= 0.6 is 11.6 Å². The molecule has 2 rings (SSSR count). The van der Waals surface area contributed by atoms with E-state index in [4.69, 9.17) is 17.3 Å². The normalized spacial score (nSPS) is 24.6. The Balaban J connectivity index is 2.15. The molecular weight excluding hydrogens is 238 g/mol. The van der Waals surface area contributed by atoms with E-state index in [2.05, 4.69) is 26.8 Å². The maximum Gasteiger partial charge on any atom is 0.231 e. The van der Waals surface area contributed by atoms with Crippen molar-refractivity contribution < 1.29 is 0 Å². The Labute approximate surface area is 106 Å². The van der Waals surface area contributed by atoms with Crippen molar-refractivity contribution in [2.24, 2.45) is 5.92 Å². The van der Waals surface area contributed by atoms with Crippen LogP contribution in [0.3, 0.4) is 0 Å². The van der Waals surface area contributed by atoms with E-state index in [-0.39, 0.29) is 11.2 Å². The molecule has 1 aliphatic carbocycles. The van der Waals surface area contributed by atoms with Crippen LogP contribution in [-0.2, 0) is 0 Å². The molecular formula is C11H18ClN5. The molecule has 0 bridgehead atoms. The molecule has 0 saturated heterocycles. The van der Waals surface area contributed by atoms with Crippen LogP contribution in [0.5, 0.6) is 0 Å². The van der Waals surface area contributed by atoms with E-state index < -0.39 is 0 Å². The molecule has 0 spiro atoms. The van der Waals surface area contributed by atoms with E-state index in [0.29, 0.717) is 12.0 Å². The second-order valence-corrected chi connectivity index (χ2v) is 5.14. The highest BCUT2D eigenvalue weighted by Gasteiger charge is 2.24. The molecule has 94 valence electrons. The molecule has 1 heterocycles. The molecule has 1 saturated carbocycles. The average molecular weight is 256 g/mol. The van der Waals surface area contributed by atoms with Crippen molar-refractivity contribution >= 4 is 23.5 Å². The molecule has 17 heavy (non-hydrogen) atoms. The predicted molar refractivity (Wildman–Crippen MR) is 69.1 cm³/mol. The Morgan fingerprint density at radius 3 is 2.71 bits per heavy atom. The van der Waals surface area contributed by atoms with E-state index in [1.165, 1.54) is 25.7 Å². The third-order valence-corrected chi connectivity index (χ3v) is 3.55. The zero-order chi connectivity index (χ0) is 12.4. The maximum atomic E-state index is 5.79. The van der Waals surface area contributed by atoms with Crippen molar-refractivity contribution in [3.8, 4) is 0 Å². The summed E-state index contributed by atoms with van der Waals surface area (Å²) in [5, 5.41) is 0.156. The highest BCUT2D eigenvalue weighted by atomic mass is 35.5. The first kappa shape index (κ1) is 12.4. The minimum Gasteiger partial charge on any atom is -0.368 e. The van der Waals surface area contributed by atoms with Crippen molar-refractivity contribution in [2.75, 3.05) is 17.7 Å². The van der Waals surface area contributed by atoms with Crippen LogP contribution in [0.4, 0.5) is 11.9 Å². The Bertz CT molecular complexity index is 377. The molecule has 6 heteroatoms. The lowest BCUT2D eigenvalue weighted by Gasteiger charge is -2.34. The number of hydrogen-bond acceptors (Lipinski definition) is 5. The summed E-state index contributed by atoms with van der Waals surface area (Å²) in [4.78, 5) is 14.1. The van der Waals surface area contributed by atoms with Crippen molar-refractivity contribution in [3.05, 3.63) is 5.28 Å². The van der Waals surface area contributed by atoms with Gasteiger partial charge in [-0.05, 0) is 30.4 Å². The molecule has 0 aliphatic heterocycles. The number of anilines is 2. The lowest BCUT2D eigenvalue weighted by Crippen LogP contribution is -2.36.